The van der Waals surface area contributed by atoms with Crippen LogP contribution in [0.1, 0.15) is 25.1 Å². The van der Waals surface area contributed by atoms with Crippen LogP contribution in [0.4, 0.5) is 5.69 Å². The summed E-state index contributed by atoms with van der Waals surface area (Å²) in [5.41, 5.74) is 7.83. The van der Waals surface area contributed by atoms with E-state index in [1.807, 2.05) is 16.7 Å². The number of aliphatic hydroxyl groups is 2. The van der Waals surface area contributed by atoms with Crippen LogP contribution >= 0.6 is 0 Å². The largest absolute Gasteiger partial charge is 0.399 e. The maximum atomic E-state index is 9.69. The van der Waals surface area contributed by atoms with Crippen molar-refractivity contribution >= 4 is 16.7 Å². The highest BCUT2D eigenvalue weighted by Crippen LogP contribution is 2.41. The van der Waals surface area contributed by atoms with E-state index in [4.69, 9.17) is 5.73 Å². The van der Waals surface area contributed by atoms with Gasteiger partial charge in [0.25, 0.3) is 0 Å². The van der Waals surface area contributed by atoms with Crippen molar-refractivity contribution in [2.45, 2.75) is 31.4 Å². The van der Waals surface area contributed by atoms with Crippen molar-refractivity contribution in [2.75, 3.05) is 12.3 Å². The van der Waals surface area contributed by atoms with Crippen molar-refractivity contribution in [3.8, 4) is 0 Å². The van der Waals surface area contributed by atoms with Crippen LogP contribution in [-0.4, -0.2) is 26.4 Å². The SMILES string of the molecule is Nc1ccc2c(c1)nc(CO)n2C1(CO)CCC1. The minimum absolute atomic E-state index is 0.0792. The quantitative estimate of drug-likeness (QED) is 0.706. The Morgan fingerprint density at radius 2 is 2.11 bits per heavy atom. The Bertz CT molecular complexity index is 582. The van der Waals surface area contributed by atoms with Crippen LogP contribution in [0.25, 0.3) is 11.0 Å². The molecule has 0 saturated heterocycles. The van der Waals surface area contributed by atoms with Crippen LogP contribution in [0.3, 0.4) is 0 Å². The molecule has 0 amide bonds. The Morgan fingerprint density at radius 3 is 2.67 bits per heavy atom. The van der Waals surface area contributed by atoms with Gasteiger partial charge in [0.15, 0.2) is 0 Å². The Morgan fingerprint density at radius 1 is 1.33 bits per heavy atom. The number of nitrogen functional groups attached to an aromatic ring is 1. The number of anilines is 1. The third-order valence-electron chi connectivity index (χ3n) is 3.94. The maximum Gasteiger partial charge on any atom is 0.136 e. The maximum absolute atomic E-state index is 9.69. The summed E-state index contributed by atoms with van der Waals surface area (Å²) in [6.07, 6.45) is 2.94. The summed E-state index contributed by atoms with van der Waals surface area (Å²) in [4.78, 5) is 4.41. The molecular formula is C13H17N3O2. The molecule has 1 aromatic heterocycles. The second-order valence-electron chi connectivity index (χ2n) is 5.01. The second-order valence-corrected chi connectivity index (χ2v) is 5.01. The molecule has 1 aliphatic carbocycles. The third kappa shape index (κ3) is 1.44. The van der Waals surface area contributed by atoms with E-state index in [9.17, 15) is 10.2 Å². The van der Waals surface area contributed by atoms with Crippen molar-refractivity contribution in [2.24, 2.45) is 0 Å². The molecule has 0 unspecified atom stereocenters. The van der Waals surface area contributed by atoms with Crippen LogP contribution in [0.15, 0.2) is 18.2 Å². The molecule has 1 heterocycles. The normalized spacial score (nSPS) is 17.9. The highest BCUT2D eigenvalue weighted by Gasteiger charge is 2.40. The summed E-state index contributed by atoms with van der Waals surface area (Å²) < 4.78 is 1.99. The molecule has 2 aromatic rings. The summed E-state index contributed by atoms with van der Waals surface area (Å²) in [5, 5.41) is 19.2. The number of rotatable bonds is 3. The van der Waals surface area contributed by atoms with Gasteiger partial charge in [-0.2, -0.15) is 0 Å². The van der Waals surface area contributed by atoms with Crippen molar-refractivity contribution in [1.29, 1.82) is 0 Å². The zero-order chi connectivity index (χ0) is 12.8. The van der Waals surface area contributed by atoms with Gasteiger partial charge in [-0.25, -0.2) is 4.98 Å². The zero-order valence-electron chi connectivity index (χ0n) is 10.1. The molecule has 96 valence electrons. The number of nitrogens with two attached hydrogens (primary N) is 1. The van der Waals surface area contributed by atoms with Gasteiger partial charge in [0, 0.05) is 5.69 Å². The van der Waals surface area contributed by atoms with E-state index >= 15 is 0 Å². The van der Waals surface area contributed by atoms with Gasteiger partial charge in [0.1, 0.15) is 12.4 Å². The second kappa shape index (κ2) is 3.96. The van der Waals surface area contributed by atoms with Gasteiger partial charge in [-0.15, -0.1) is 0 Å². The molecule has 4 N–H and O–H groups in total. The molecule has 0 radical (unpaired) electrons. The predicted octanol–water partition coefficient (Wildman–Crippen LogP) is 0.982. The smallest absolute Gasteiger partial charge is 0.136 e. The highest BCUT2D eigenvalue weighted by molar-refractivity contribution is 5.80. The third-order valence-corrected chi connectivity index (χ3v) is 3.94. The summed E-state index contributed by atoms with van der Waals surface area (Å²) in [6.45, 7) is -0.0494. The molecule has 1 fully saturated rings. The van der Waals surface area contributed by atoms with E-state index in [-0.39, 0.29) is 18.8 Å². The number of aliphatic hydroxyl groups excluding tert-OH is 2. The molecule has 1 aliphatic rings. The summed E-state index contributed by atoms with van der Waals surface area (Å²) >= 11 is 0. The van der Waals surface area contributed by atoms with E-state index in [2.05, 4.69) is 4.98 Å². The molecular weight excluding hydrogens is 230 g/mol. The van der Waals surface area contributed by atoms with Crippen LogP contribution in [0.2, 0.25) is 0 Å². The van der Waals surface area contributed by atoms with Gasteiger partial charge in [0.2, 0.25) is 0 Å². The van der Waals surface area contributed by atoms with E-state index in [1.165, 1.54) is 0 Å². The first-order valence-corrected chi connectivity index (χ1v) is 6.19. The first-order valence-electron chi connectivity index (χ1n) is 6.19. The average Bonchev–Trinajstić information content (AvgIpc) is 2.67. The number of imidazole rings is 1. The molecule has 3 rings (SSSR count). The van der Waals surface area contributed by atoms with Gasteiger partial charge < -0.3 is 20.5 Å². The standard InChI is InChI=1S/C13H17N3O2/c14-9-2-3-11-10(6-9)15-12(7-17)16(11)13(8-18)4-1-5-13/h2-3,6,17-18H,1,4-5,7-8,14H2. The minimum Gasteiger partial charge on any atom is -0.399 e. The number of aromatic nitrogens is 2. The van der Waals surface area contributed by atoms with Crippen molar-refractivity contribution < 1.29 is 10.2 Å². The molecule has 0 atom stereocenters. The lowest BCUT2D eigenvalue weighted by atomic mass is 9.77. The lowest BCUT2D eigenvalue weighted by molar-refractivity contribution is 0.0527. The molecule has 5 nitrogen and oxygen atoms in total. The van der Waals surface area contributed by atoms with E-state index in [1.54, 1.807) is 6.07 Å². The molecule has 5 heteroatoms. The predicted molar refractivity (Wildman–Crippen MR) is 69.0 cm³/mol. The molecule has 0 aliphatic heterocycles. The van der Waals surface area contributed by atoms with Crippen LogP contribution in [0.5, 0.6) is 0 Å². The first-order chi connectivity index (χ1) is 8.70. The fraction of sp³-hybridized carbons (Fsp3) is 0.462. The van der Waals surface area contributed by atoms with Gasteiger partial charge in [-0.05, 0) is 37.5 Å². The topological polar surface area (TPSA) is 84.3 Å². The molecule has 0 bridgehead atoms. The van der Waals surface area contributed by atoms with E-state index < -0.39 is 0 Å². The first kappa shape index (κ1) is 11.5. The van der Waals surface area contributed by atoms with Crippen molar-refractivity contribution in [3.63, 3.8) is 0 Å². The Balaban J connectivity index is 2.25. The monoisotopic (exact) mass is 247 g/mol. The van der Waals surface area contributed by atoms with Crippen LogP contribution in [0, 0.1) is 0 Å². The van der Waals surface area contributed by atoms with Crippen molar-refractivity contribution in [3.05, 3.63) is 24.0 Å². The summed E-state index contributed by atoms with van der Waals surface area (Å²) in [7, 11) is 0. The number of nitrogens with zero attached hydrogens (tertiary/aromatic N) is 2. The summed E-state index contributed by atoms with van der Waals surface area (Å²) in [5.74, 6) is 0.601. The molecule has 1 aromatic carbocycles. The van der Waals surface area contributed by atoms with Gasteiger partial charge >= 0.3 is 0 Å². The van der Waals surface area contributed by atoms with Crippen molar-refractivity contribution in [1.82, 2.24) is 9.55 Å². The Hall–Kier alpha value is -1.59. The van der Waals surface area contributed by atoms with Crippen LogP contribution in [-0.2, 0) is 12.1 Å². The summed E-state index contributed by atoms with van der Waals surface area (Å²) in [6, 6.07) is 5.53. The van der Waals surface area contributed by atoms with Gasteiger partial charge in [-0.1, -0.05) is 0 Å². The van der Waals surface area contributed by atoms with Crippen LogP contribution < -0.4 is 5.73 Å². The fourth-order valence-corrected chi connectivity index (χ4v) is 2.82. The lowest BCUT2D eigenvalue weighted by Crippen LogP contribution is -2.44. The highest BCUT2D eigenvalue weighted by atomic mass is 16.3. The molecule has 1 saturated carbocycles. The number of fused-ring (bicyclic) bond motifs is 1. The van der Waals surface area contributed by atoms with Gasteiger partial charge in [-0.3, -0.25) is 0 Å². The Kier molecular flexibility index (Phi) is 2.53. The lowest BCUT2D eigenvalue weighted by Gasteiger charge is -2.42. The van der Waals surface area contributed by atoms with E-state index in [0.717, 1.165) is 30.3 Å². The number of hydrogen-bond acceptors (Lipinski definition) is 4. The zero-order valence-corrected chi connectivity index (χ0v) is 10.1. The van der Waals surface area contributed by atoms with E-state index in [0.29, 0.717) is 11.5 Å². The Labute approximate surface area is 105 Å². The molecule has 0 spiro atoms. The number of hydrogen-bond donors (Lipinski definition) is 3. The van der Waals surface area contributed by atoms with Gasteiger partial charge in [0.05, 0.1) is 23.2 Å². The molecule has 18 heavy (non-hydrogen) atoms. The fourth-order valence-electron chi connectivity index (χ4n) is 2.82. The average molecular weight is 247 g/mol. The number of benzene rings is 1. The minimum atomic E-state index is -0.289.